The third kappa shape index (κ3) is 2.79. The first kappa shape index (κ1) is 10.2. The fourth-order valence-electron chi connectivity index (χ4n) is 0.701. The zero-order chi connectivity index (χ0) is 8.48. The predicted molar refractivity (Wildman–Crippen MR) is 45.6 cm³/mol. The van der Waals surface area contributed by atoms with Crippen LogP contribution in [0.4, 0.5) is 0 Å². The van der Waals surface area contributed by atoms with E-state index in [4.69, 9.17) is 55.9 Å². The van der Waals surface area contributed by atoms with E-state index in [1.165, 1.54) is 0 Å². The van der Waals surface area contributed by atoms with Crippen LogP contribution in [-0.4, -0.2) is 28.7 Å². The third-order valence-electron chi connectivity index (χ3n) is 1.19. The minimum atomic E-state index is -1.53. The number of halogens is 4. The molecule has 2 nitrogen and oxygen atoms in total. The molecule has 0 unspecified atom stereocenters. The van der Waals surface area contributed by atoms with Crippen molar-refractivity contribution in [2.45, 2.75) is 16.2 Å². The van der Waals surface area contributed by atoms with Crippen LogP contribution in [0.3, 0.4) is 0 Å². The number of rotatable bonds is 1. The van der Waals surface area contributed by atoms with Crippen molar-refractivity contribution in [3.8, 4) is 0 Å². The average Bonchev–Trinajstić information content (AvgIpc) is 2.32. The summed E-state index contributed by atoms with van der Waals surface area (Å²) in [6.07, 6.45) is -0.964. The summed E-state index contributed by atoms with van der Waals surface area (Å²) in [6, 6.07) is 0. The Labute approximate surface area is 84.6 Å². The molecule has 0 amide bonds. The second kappa shape index (κ2) is 3.86. The van der Waals surface area contributed by atoms with Crippen LogP contribution in [0.1, 0.15) is 0 Å². The van der Waals surface area contributed by atoms with Gasteiger partial charge in [-0.2, -0.15) is 0 Å². The van der Waals surface area contributed by atoms with Crippen molar-refractivity contribution >= 4 is 46.4 Å². The van der Waals surface area contributed by atoms with Crippen molar-refractivity contribution in [2.24, 2.45) is 0 Å². The molecule has 0 aliphatic carbocycles. The summed E-state index contributed by atoms with van der Waals surface area (Å²) in [4.78, 5) is 0. The molecule has 0 aromatic carbocycles. The topological polar surface area (TPSA) is 18.5 Å². The molecule has 0 aromatic rings. The Balaban J connectivity index is 2.42. The highest BCUT2D eigenvalue weighted by Gasteiger charge is 2.40. The van der Waals surface area contributed by atoms with Gasteiger partial charge in [0.1, 0.15) is 0 Å². The van der Waals surface area contributed by atoms with Crippen LogP contribution in [0.25, 0.3) is 0 Å². The van der Waals surface area contributed by atoms with Gasteiger partial charge >= 0.3 is 0 Å². The van der Waals surface area contributed by atoms with E-state index in [1.54, 1.807) is 0 Å². The van der Waals surface area contributed by atoms with Gasteiger partial charge in [0.25, 0.3) is 0 Å². The molecule has 0 N–H and O–H groups in total. The van der Waals surface area contributed by atoms with Gasteiger partial charge < -0.3 is 9.47 Å². The number of ether oxygens (including phenoxy) is 2. The van der Waals surface area contributed by atoms with Crippen molar-refractivity contribution in [3.05, 3.63) is 0 Å². The first-order chi connectivity index (χ1) is 5.04. The number of hydrogen-bond donors (Lipinski definition) is 0. The molecule has 1 aliphatic heterocycles. The molecule has 6 heteroatoms. The molecule has 1 aliphatic rings. The van der Waals surface area contributed by atoms with Crippen molar-refractivity contribution in [3.63, 3.8) is 0 Å². The highest BCUT2D eigenvalue weighted by molar-refractivity contribution is 6.67. The fourth-order valence-corrected chi connectivity index (χ4v) is 1.21. The second-order valence-corrected chi connectivity index (χ2v) is 4.80. The molecule has 1 rings (SSSR count). The zero-order valence-electron chi connectivity index (χ0n) is 5.40. The molecule has 1 saturated heterocycles. The summed E-state index contributed by atoms with van der Waals surface area (Å²) in [5.74, 6) is 0.344. The minimum Gasteiger partial charge on any atom is -0.346 e. The molecule has 11 heavy (non-hydrogen) atoms. The maximum Gasteiger partial charge on any atom is 0.240 e. The Morgan fingerprint density at radius 2 is 2.00 bits per heavy atom. The van der Waals surface area contributed by atoms with Crippen LogP contribution in [0.2, 0.25) is 0 Å². The Morgan fingerprint density at radius 1 is 1.36 bits per heavy atom. The Hall–Kier alpha value is 1.08. The second-order valence-electron chi connectivity index (χ2n) is 2.12. The molecule has 0 aromatic heterocycles. The standard InChI is InChI=1S/C5H6Cl4O2/c6-1-3-2-10-4(11-3)5(7,8)9/h3-4H,1-2H2/t3-,4+/m1/s1. The summed E-state index contributed by atoms with van der Waals surface area (Å²) >= 11 is 22.0. The molecule has 66 valence electrons. The van der Waals surface area contributed by atoms with E-state index in [0.29, 0.717) is 12.5 Å². The Morgan fingerprint density at radius 3 is 2.27 bits per heavy atom. The van der Waals surface area contributed by atoms with Crippen molar-refractivity contribution in [2.75, 3.05) is 12.5 Å². The van der Waals surface area contributed by atoms with E-state index in [9.17, 15) is 0 Å². The van der Waals surface area contributed by atoms with Crippen LogP contribution >= 0.6 is 46.4 Å². The molecule has 2 atom stereocenters. The van der Waals surface area contributed by atoms with Crippen molar-refractivity contribution in [1.29, 1.82) is 0 Å². The number of alkyl halides is 4. The van der Waals surface area contributed by atoms with Crippen molar-refractivity contribution in [1.82, 2.24) is 0 Å². The lowest BCUT2D eigenvalue weighted by molar-refractivity contribution is -0.0499. The van der Waals surface area contributed by atoms with Gasteiger partial charge in [-0.05, 0) is 0 Å². The van der Waals surface area contributed by atoms with Crippen LogP contribution in [0.15, 0.2) is 0 Å². The first-order valence-corrected chi connectivity index (χ1v) is 4.60. The highest BCUT2D eigenvalue weighted by Crippen LogP contribution is 2.36. The van der Waals surface area contributed by atoms with Crippen LogP contribution in [0, 0.1) is 0 Å². The lowest BCUT2D eigenvalue weighted by Crippen LogP contribution is -2.27. The highest BCUT2D eigenvalue weighted by atomic mass is 35.6. The lowest BCUT2D eigenvalue weighted by atomic mass is 10.4. The van der Waals surface area contributed by atoms with E-state index in [1.807, 2.05) is 0 Å². The first-order valence-electron chi connectivity index (χ1n) is 2.94. The minimum absolute atomic E-state index is 0.169. The van der Waals surface area contributed by atoms with E-state index >= 15 is 0 Å². The predicted octanol–water partition coefficient (Wildman–Crippen LogP) is 2.34. The smallest absolute Gasteiger partial charge is 0.240 e. The maximum atomic E-state index is 5.50. The number of hydrogen-bond acceptors (Lipinski definition) is 2. The van der Waals surface area contributed by atoms with Gasteiger partial charge in [0.2, 0.25) is 10.1 Å². The largest absolute Gasteiger partial charge is 0.346 e. The van der Waals surface area contributed by atoms with Gasteiger partial charge in [0, 0.05) is 0 Å². The molecule has 1 fully saturated rings. The van der Waals surface area contributed by atoms with Gasteiger partial charge in [-0.3, -0.25) is 0 Å². The monoisotopic (exact) mass is 238 g/mol. The fraction of sp³-hybridized carbons (Fsp3) is 1.00. The maximum absolute atomic E-state index is 5.50. The summed E-state index contributed by atoms with van der Waals surface area (Å²) in [5.41, 5.74) is 0. The van der Waals surface area contributed by atoms with E-state index in [0.717, 1.165) is 0 Å². The van der Waals surface area contributed by atoms with Crippen molar-refractivity contribution < 1.29 is 9.47 Å². The van der Waals surface area contributed by atoms with Crippen LogP contribution < -0.4 is 0 Å². The van der Waals surface area contributed by atoms with E-state index in [-0.39, 0.29) is 6.10 Å². The molecule has 0 saturated carbocycles. The summed E-state index contributed by atoms with van der Waals surface area (Å²) in [5, 5.41) is 0. The molecule has 0 spiro atoms. The molecular formula is C5H6Cl4O2. The van der Waals surface area contributed by atoms with Gasteiger partial charge in [-0.1, -0.05) is 34.8 Å². The van der Waals surface area contributed by atoms with Gasteiger partial charge in [-0.15, -0.1) is 11.6 Å². The van der Waals surface area contributed by atoms with Crippen LogP contribution in [-0.2, 0) is 9.47 Å². The summed E-state index contributed by atoms with van der Waals surface area (Å²) < 4.78 is 8.62. The lowest BCUT2D eigenvalue weighted by Gasteiger charge is -2.17. The SMILES string of the molecule is ClC[C@@H]1CO[C@H](C(Cl)(Cl)Cl)O1. The molecular weight excluding hydrogens is 234 g/mol. The van der Waals surface area contributed by atoms with E-state index in [2.05, 4.69) is 0 Å². The quantitative estimate of drug-likeness (QED) is 0.655. The van der Waals surface area contributed by atoms with Gasteiger partial charge in [0.05, 0.1) is 18.6 Å². The molecule has 0 bridgehead atoms. The molecule has 1 heterocycles. The summed E-state index contributed by atoms with van der Waals surface area (Å²) in [6.45, 7) is 0.377. The van der Waals surface area contributed by atoms with Crippen LogP contribution in [0.5, 0.6) is 0 Å². The average molecular weight is 240 g/mol. The van der Waals surface area contributed by atoms with E-state index < -0.39 is 10.1 Å². The van der Waals surface area contributed by atoms with Gasteiger partial charge in [-0.25, -0.2) is 0 Å². The Kier molecular flexibility index (Phi) is 3.57. The molecule has 0 radical (unpaired) electrons. The summed E-state index contributed by atoms with van der Waals surface area (Å²) in [7, 11) is 0. The third-order valence-corrected chi connectivity index (χ3v) is 2.07. The Bertz CT molecular complexity index is 135. The zero-order valence-corrected chi connectivity index (χ0v) is 8.42. The van der Waals surface area contributed by atoms with Gasteiger partial charge in [0.15, 0.2) is 0 Å². The normalized spacial score (nSPS) is 32.7.